The van der Waals surface area contributed by atoms with Crippen LogP contribution in [-0.4, -0.2) is 6.54 Å². The van der Waals surface area contributed by atoms with Crippen LogP contribution in [0.25, 0.3) is 0 Å². The van der Waals surface area contributed by atoms with E-state index in [0.29, 0.717) is 6.54 Å². The molecule has 0 aromatic rings. The number of rotatable bonds is 0. The van der Waals surface area contributed by atoms with Gasteiger partial charge in [0.15, 0.2) is 0 Å². The van der Waals surface area contributed by atoms with Gasteiger partial charge in [0.2, 0.25) is 0 Å². The van der Waals surface area contributed by atoms with Gasteiger partial charge >= 0.3 is 0 Å². The van der Waals surface area contributed by atoms with Crippen molar-refractivity contribution in [1.82, 2.24) is 0 Å². The average molecular weight is 75.1 g/mol. The summed E-state index contributed by atoms with van der Waals surface area (Å²) < 4.78 is 0. The summed E-state index contributed by atoms with van der Waals surface area (Å²) in [6, 6.07) is 0. The van der Waals surface area contributed by atoms with Crippen molar-refractivity contribution in [2.75, 3.05) is 6.54 Å². The number of halogens is 1. The van der Waals surface area contributed by atoms with Crippen LogP contribution in [0.4, 0.5) is 4.70 Å². The third-order valence-corrected chi connectivity index (χ3v) is 0.118. The van der Waals surface area contributed by atoms with Gasteiger partial charge in [-0.3, -0.25) is 4.70 Å². The number of terminal acetylenes is 1. The Balaban J connectivity index is 0. The second kappa shape index (κ2) is 9.85. The van der Waals surface area contributed by atoms with Gasteiger partial charge in [-0.15, -0.1) is 6.42 Å². The van der Waals surface area contributed by atoms with Crippen LogP contribution < -0.4 is 5.73 Å². The molecule has 5 heavy (non-hydrogen) atoms. The molecule has 0 saturated carbocycles. The molecule has 0 aromatic heterocycles. The SMILES string of the molecule is C#CCN.F. The van der Waals surface area contributed by atoms with Crippen LogP contribution in [0.5, 0.6) is 0 Å². The predicted molar refractivity (Wildman–Crippen MR) is 20.4 cm³/mol. The monoisotopic (exact) mass is 75.0 g/mol. The zero-order valence-corrected chi connectivity index (χ0v) is 2.77. The van der Waals surface area contributed by atoms with Crippen molar-refractivity contribution in [3.63, 3.8) is 0 Å². The van der Waals surface area contributed by atoms with Gasteiger partial charge in [-0.25, -0.2) is 0 Å². The van der Waals surface area contributed by atoms with Crippen molar-refractivity contribution >= 4 is 0 Å². The Morgan fingerprint density at radius 2 is 2.00 bits per heavy atom. The second-order valence-corrected chi connectivity index (χ2v) is 0.408. The first-order chi connectivity index (χ1) is 1.91. The molecule has 0 bridgehead atoms. The van der Waals surface area contributed by atoms with Gasteiger partial charge in [0.1, 0.15) is 0 Å². The highest BCUT2D eigenvalue weighted by atomic mass is 19.0. The first kappa shape index (κ1) is 8.82. The lowest BCUT2D eigenvalue weighted by Crippen LogP contribution is -1.91. The van der Waals surface area contributed by atoms with E-state index in [1.165, 1.54) is 0 Å². The summed E-state index contributed by atoms with van der Waals surface area (Å²) in [5.41, 5.74) is 4.79. The first-order valence-corrected chi connectivity index (χ1v) is 1.05. The van der Waals surface area contributed by atoms with Crippen molar-refractivity contribution in [2.24, 2.45) is 5.73 Å². The van der Waals surface area contributed by atoms with Gasteiger partial charge in [-0.1, -0.05) is 5.92 Å². The number of hydrogen-bond donors (Lipinski definition) is 1. The molecule has 0 aliphatic carbocycles. The van der Waals surface area contributed by atoms with E-state index in [1.807, 2.05) is 0 Å². The highest BCUT2D eigenvalue weighted by Crippen LogP contribution is 1.25. The molecule has 0 radical (unpaired) electrons. The lowest BCUT2D eigenvalue weighted by Gasteiger charge is -1.56. The zero-order chi connectivity index (χ0) is 3.41. The summed E-state index contributed by atoms with van der Waals surface area (Å²) in [4.78, 5) is 0. The normalized spacial score (nSPS) is 4.00. The molecule has 0 aromatic carbocycles. The maximum absolute atomic E-state index is 4.79. The second-order valence-electron chi connectivity index (χ2n) is 0.408. The maximum atomic E-state index is 4.79. The molecule has 0 rings (SSSR count). The smallest absolute Gasteiger partial charge is 0.0548 e. The largest absolute Gasteiger partial charge is 0.320 e. The summed E-state index contributed by atoms with van der Waals surface area (Å²) in [6.07, 6.45) is 4.65. The molecule has 0 saturated heterocycles. The quantitative estimate of drug-likeness (QED) is 0.394. The van der Waals surface area contributed by atoms with Crippen molar-refractivity contribution in [3.05, 3.63) is 0 Å². The molecule has 0 aliphatic heterocycles. The first-order valence-electron chi connectivity index (χ1n) is 1.05. The molecule has 2 N–H and O–H groups in total. The van der Waals surface area contributed by atoms with Gasteiger partial charge in [-0.05, 0) is 0 Å². The minimum atomic E-state index is 0. The van der Waals surface area contributed by atoms with E-state index >= 15 is 0 Å². The van der Waals surface area contributed by atoms with E-state index in [2.05, 4.69) is 12.3 Å². The summed E-state index contributed by atoms with van der Waals surface area (Å²) in [5, 5.41) is 0. The van der Waals surface area contributed by atoms with E-state index in [4.69, 9.17) is 5.73 Å². The van der Waals surface area contributed by atoms with Crippen LogP contribution in [0.1, 0.15) is 0 Å². The predicted octanol–water partition coefficient (Wildman–Crippen LogP) is -0.269. The Morgan fingerprint density at radius 3 is 2.00 bits per heavy atom. The lowest BCUT2D eigenvalue weighted by atomic mass is 10.7. The average Bonchev–Trinajstić information content (AvgIpc) is 1.37. The Bertz CT molecular complexity index is 36.6. The van der Waals surface area contributed by atoms with Crippen LogP contribution in [0.15, 0.2) is 0 Å². The lowest BCUT2D eigenvalue weighted by molar-refractivity contribution is 1.11. The molecule has 0 heterocycles. The Kier molecular flexibility index (Phi) is 17.4. The van der Waals surface area contributed by atoms with Crippen molar-refractivity contribution in [3.8, 4) is 12.3 Å². The van der Waals surface area contributed by atoms with Gasteiger partial charge in [0, 0.05) is 0 Å². The van der Waals surface area contributed by atoms with Crippen molar-refractivity contribution in [2.45, 2.75) is 0 Å². The molecule has 0 unspecified atom stereocenters. The topological polar surface area (TPSA) is 26.0 Å². The Hall–Kier alpha value is -0.550. The fraction of sp³-hybridized carbons (Fsp3) is 0.333. The van der Waals surface area contributed by atoms with E-state index in [9.17, 15) is 0 Å². The molecule has 0 fully saturated rings. The summed E-state index contributed by atoms with van der Waals surface area (Å²) in [5.74, 6) is 2.21. The van der Waals surface area contributed by atoms with Crippen molar-refractivity contribution < 1.29 is 4.70 Å². The molecule has 1 nitrogen and oxygen atoms in total. The minimum absolute atomic E-state index is 0. The van der Waals surface area contributed by atoms with E-state index in [0.717, 1.165) is 0 Å². The van der Waals surface area contributed by atoms with Gasteiger partial charge in [0.25, 0.3) is 0 Å². The van der Waals surface area contributed by atoms with E-state index < -0.39 is 0 Å². The summed E-state index contributed by atoms with van der Waals surface area (Å²) in [7, 11) is 0. The third kappa shape index (κ3) is 35.8. The standard InChI is InChI=1S/C3H5N.FH/c1-2-3-4;/h1H,3-4H2;1H. The Morgan fingerprint density at radius 1 is 1.80 bits per heavy atom. The highest BCUT2D eigenvalue weighted by Gasteiger charge is 1.41. The van der Waals surface area contributed by atoms with Gasteiger partial charge in [-0.2, -0.15) is 0 Å². The molecular weight excluding hydrogens is 69.0 g/mol. The van der Waals surface area contributed by atoms with Gasteiger partial charge in [0.05, 0.1) is 6.54 Å². The Labute approximate surface area is 30.5 Å². The van der Waals surface area contributed by atoms with Gasteiger partial charge < -0.3 is 5.73 Å². The highest BCUT2D eigenvalue weighted by molar-refractivity contribution is 4.83. The fourth-order valence-electron chi connectivity index (χ4n) is 0. The van der Waals surface area contributed by atoms with Crippen LogP contribution in [0.3, 0.4) is 0 Å². The van der Waals surface area contributed by atoms with Crippen LogP contribution in [0.2, 0.25) is 0 Å². The van der Waals surface area contributed by atoms with Crippen LogP contribution >= 0.6 is 0 Å². The van der Waals surface area contributed by atoms with E-state index in [1.54, 1.807) is 0 Å². The van der Waals surface area contributed by atoms with Crippen LogP contribution in [-0.2, 0) is 0 Å². The van der Waals surface area contributed by atoms with Crippen LogP contribution in [0, 0.1) is 12.3 Å². The minimum Gasteiger partial charge on any atom is -0.320 e. The molecule has 0 atom stereocenters. The summed E-state index contributed by atoms with van der Waals surface area (Å²) >= 11 is 0. The molecule has 30 valence electrons. The number of nitrogens with two attached hydrogens (primary N) is 1. The molecular formula is C3H6FN. The summed E-state index contributed by atoms with van der Waals surface area (Å²) in [6.45, 7) is 0.347. The molecule has 2 heteroatoms. The zero-order valence-electron chi connectivity index (χ0n) is 2.77. The molecule has 0 aliphatic rings. The third-order valence-electron chi connectivity index (χ3n) is 0.118. The van der Waals surface area contributed by atoms with E-state index in [-0.39, 0.29) is 4.70 Å². The maximum Gasteiger partial charge on any atom is 0.0548 e. The molecule has 0 spiro atoms. The molecule has 0 amide bonds. The van der Waals surface area contributed by atoms with Crippen molar-refractivity contribution in [1.29, 1.82) is 0 Å². The fourth-order valence-corrected chi connectivity index (χ4v) is 0. The number of hydrogen-bond acceptors (Lipinski definition) is 1.